The lowest BCUT2D eigenvalue weighted by Gasteiger charge is -2.28. The molecule has 1 unspecified atom stereocenters. The fourth-order valence-corrected chi connectivity index (χ4v) is 2.88. The van der Waals surface area contributed by atoms with Gasteiger partial charge in [-0.2, -0.15) is 0 Å². The topological polar surface area (TPSA) is 32.3 Å². The maximum Gasteiger partial charge on any atom is 0.0618 e. The number of rotatable bonds is 7. The van der Waals surface area contributed by atoms with E-state index in [0.717, 1.165) is 18.7 Å². The lowest BCUT2D eigenvalue weighted by atomic mass is 9.87. The van der Waals surface area contributed by atoms with Crippen molar-refractivity contribution in [1.29, 1.82) is 0 Å². The van der Waals surface area contributed by atoms with Crippen molar-refractivity contribution in [3.05, 3.63) is 29.8 Å². The van der Waals surface area contributed by atoms with Crippen molar-refractivity contribution < 1.29 is 5.11 Å². The van der Waals surface area contributed by atoms with E-state index < -0.39 is 0 Å². The summed E-state index contributed by atoms with van der Waals surface area (Å²) in [4.78, 5) is 1.26. The average molecular weight is 295 g/mol. The van der Waals surface area contributed by atoms with E-state index in [1.165, 1.54) is 10.5 Å². The zero-order valence-electron chi connectivity index (χ0n) is 13.5. The second-order valence-electron chi connectivity index (χ2n) is 6.71. The van der Waals surface area contributed by atoms with Gasteiger partial charge in [0.15, 0.2) is 0 Å². The molecule has 1 aromatic carbocycles. The van der Waals surface area contributed by atoms with E-state index in [1.54, 1.807) is 11.8 Å². The SMILES string of the molecule is CCCNC(C)(CO)CSc1ccc(C(C)(C)C)cc1. The molecule has 114 valence electrons. The number of aliphatic hydroxyl groups excluding tert-OH is 1. The van der Waals surface area contributed by atoms with Crippen molar-refractivity contribution >= 4 is 11.8 Å². The van der Waals surface area contributed by atoms with E-state index in [2.05, 4.69) is 64.2 Å². The van der Waals surface area contributed by atoms with Crippen LogP contribution in [0, 0.1) is 0 Å². The Labute approximate surface area is 128 Å². The summed E-state index contributed by atoms with van der Waals surface area (Å²) in [6.45, 7) is 12.0. The molecule has 0 aliphatic carbocycles. The van der Waals surface area contributed by atoms with Crippen LogP contribution in [0.5, 0.6) is 0 Å². The lowest BCUT2D eigenvalue weighted by Crippen LogP contribution is -2.48. The first-order valence-corrected chi connectivity index (χ1v) is 8.38. The molecule has 0 aliphatic rings. The minimum absolute atomic E-state index is 0.167. The summed E-state index contributed by atoms with van der Waals surface area (Å²) in [7, 11) is 0. The molecule has 3 heteroatoms. The Morgan fingerprint density at radius 3 is 2.15 bits per heavy atom. The number of hydrogen-bond donors (Lipinski definition) is 2. The molecule has 0 amide bonds. The van der Waals surface area contributed by atoms with Crippen molar-refractivity contribution in [2.24, 2.45) is 0 Å². The van der Waals surface area contributed by atoms with Crippen LogP contribution in [-0.2, 0) is 5.41 Å². The summed E-state index contributed by atoms with van der Waals surface area (Å²) in [5.41, 5.74) is 1.35. The van der Waals surface area contributed by atoms with E-state index in [4.69, 9.17) is 0 Å². The van der Waals surface area contributed by atoms with Gasteiger partial charge in [-0.3, -0.25) is 0 Å². The van der Waals surface area contributed by atoms with Crippen LogP contribution in [0.3, 0.4) is 0 Å². The van der Waals surface area contributed by atoms with Crippen LogP contribution in [0.4, 0.5) is 0 Å². The zero-order valence-corrected chi connectivity index (χ0v) is 14.3. The van der Waals surface area contributed by atoms with E-state index in [-0.39, 0.29) is 17.6 Å². The Balaban J connectivity index is 2.60. The first-order valence-electron chi connectivity index (χ1n) is 7.40. The fraction of sp³-hybridized carbons (Fsp3) is 0.647. The molecule has 0 bridgehead atoms. The smallest absolute Gasteiger partial charge is 0.0618 e. The van der Waals surface area contributed by atoms with Crippen LogP contribution >= 0.6 is 11.8 Å². The quantitative estimate of drug-likeness (QED) is 0.750. The molecule has 0 saturated carbocycles. The molecule has 1 aromatic rings. The van der Waals surface area contributed by atoms with Gasteiger partial charge in [0.25, 0.3) is 0 Å². The van der Waals surface area contributed by atoms with E-state index >= 15 is 0 Å². The van der Waals surface area contributed by atoms with Gasteiger partial charge in [0, 0.05) is 16.2 Å². The van der Waals surface area contributed by atoms with Crippen molar-refractivity contribution in [2.45, 2.75) is 56.9 Å². The summed E-state index contributed by atoms with van der Waals surface area (Å²) >= 11 is 1.80. The lowest BCUT2D eigenvalue weighted by molar-refractivity contribution is 0.192. The molecule has 2 N–H and O–H groups in total. The van der Waals surface area contributed by atoms with Gasteiger partial charge in [-0.25, -0.2) is 0 Å². The maximum absolute atomic E-state index is 9.56. The summed E-state index contributed by atoms with van der Waals surface area (Å²) in [5.74, 6) is 0.873. The normalized spacial score (nSPS) is 15.1. The number of benzene rings is 1. The van der Waals surface area contributed by atoms with Crippen LogP contribution in [0.1, 0.15) is 46.6 Å². The highest BCUT2D eigenvalue weighted by Gasteiger charge is 2.22. The highest BCUT2D eigenvalue weighted by molar-refractivity contribution is 7.99. The van der Waals surface area contributed by atoms with Crippen LogP contribution in [0.2, 0.25) is 0 Å². The van der Waals surface area contributed by atoms with Crippen LogP contribution < -0.4 is 5.32 Å². The van der Waals surface area contributed by atoms with E-state index in [0.29, 0.717) is 0 Å². The van der Waals surface area contributed by atoms with Crippen molar-refractivity contribution in [3.8, 4) is 0 Å². The minimum atomic E-state index is -0.205. The average Bonchev–Trinajstić information content (AvgIpc) is 2.42. The van der Waals surface area contributed by atoms with Crippen LogP contribution in [-0.4, -0.2) is 29.5 Å². The van der Waals surface area contributed by atoms with Crippen LogP contribution in [0.25, 0.3) is 0 Å². The first-order chi connectivity index (χ1) is 9.30. The number of nitrogens with one attached hydrogen (secondary N) is 1. The van der Waals surface area contributed by atoms with Gasteiger partial charge in [0.2, 0.25) is 0 Å². The summed E-state index contributed by atoms with van der Waals surface area (Å²) < 4.78 is 0. The fourth-order valence-electron chi connectivity index (χ4n) is 1.87. The Hall–Kier alpha value is -0.510. The van der Waals surface area contributed by atoms with Crippen molar-refractivity contribution in [2.75, 3.05) is 18.9 Å². The molecule has 0 radical (unpaired) electrons. The maximum atomic E-state index is 9.56. The zero-order chi connectivity index (χ0) is 15.2. The molecule has 0 spiro atoms. The van der Waals surface area contributed by atoms with E-state index in [1.807, 2.05) is 0 Å². The summed E-state index contributed by atoms with van der Waals surface area (Å²) in [5, 5.41) is 13.0. The third-order valence-corrected chi connectivity index (χ3v) is 4.82. The first kappa shape index (κ1) is 17.5. The third kappa shape index (κ3) is 5.47. The number of thioether (sulfide) groups is 1. The standard InChI is InChI=1S/C17H29NOS/c1-6-11-18-17(5,12-19)13-20-15-9-7-14(8-10-15)16(2,3)4/h7-10,18-19H,6,11-13H2,1-5H3. The molecule has 0 aliphatic heterocycles. The molecule has 2 nitrogen and oxygen atoms in total. The predicted molar refractivity (Wildman–Crippen MR) is 89.7 cm³/mol. The molecular weight excluding hydrogens is 266 g/mol. The van der Waals surface area contributed by atoms with Gasteiger partial charge >= 0.3 is 0 Å². The molecule has 0 aromatic heterocycles. The molecule has 0 saturated heterocycles. The van der Waals surface area contributed by atoms with Crippen molar-refractivity contribution in [3.63, 3.8) is 0 Å². The minimum Gasteiger partial charge on any atom is -0.394 e. The van der Waals surface area contributed by atoms with Gasteiger partial charge in [-0.1, -0.05) is 39.8 Å². The van der Waals surface area contributed by atoms with Gasteiger partial charge < -0.3 is 10.4 Å². The molecular formula is C17H29NOS. The summed E-state index contributed by atoms with van der Waals surface area (Å²) in [6.07, 6.45) is 1.08. The van der Waals surface area contributed by atoms with E-state index in [9.17, 15) is 5.11 Å². The predicted octanol–water partition coefficient (Wildman–Crippen LogP) is 3.83. The van der Waals surface area contributed by atoms with Gasteiger partial charge in [0.1, 0.15) is 0 Å². The summed E-state index contributed by atoms with van der Waals surface area (Å²) in [6, 6.07) is 8.78. The van der Waals surface area contributed by atoms with Crippen LogP contribution in [0.15, 0.2) is 29.2 Å². The molecule has 0 heterocycles. The molecule has 20 heavy (non-hydrogen) atoms. The highest BCUT2D eigenvalue weighted by Crippen LogP contribution is 2.27. The second-order valence-corrected chi connectivity index (χ2v) is 7.76. The Morgan fingerprint density at radius 2 is 1.70 bits per heavy atom. The largest absolute Gasteiger partial charge is 0.394 e. The third-order valence-electron chi connectivity index (χ3n) is 3.43. The molecule has 0 fully saturated rings. The van der Waals surface area contributed by atoms with Gasteiger partial charge in [-0.15, -0.1) is 11.8 Å². The molecule has 1 rings (SSSR count). The van der Waals surface area contributed by atoms with Crippen molar-refractivity contribution in [1.82, 2.24) is 5.32 Å². The van der Waals surface area contributed by atoms with Gasteiger partial charge in [-0.05, 0) is 43.0 Å². The monoisotopic (exact) mass is 295 g/mol. The second kappa shape index (κ2) is 7.48. The molecule has 1 atom stereocenters. The Bertz CT molecular complexity index is 396. The number of hydrogen-bond acceptors (Lipinski definition) is 3. The highest BCUT2D eigenvalue weighted by atomic mass is 32.2. The van der Waals surface area contributed by atoms with Gasteiger partial charge in [0.05, 0.1) is 6.61 Å². The Kier molecular flexibility index (Phi) is 6.56. The number of aliphatic hydroxyl groups is 1. The Morgan fingerprint density at radius 1 is 1.10 bits per heavy atom.